The van der Waals surface area contributed by atoms with Crippen molar-refractivity contribution in [2.75, 3.05) is 13.1 Å². The van der Waals surface area contributed by atoms with E-state index in [2.05, 4.69) is 11.9 Å². The highest BCUT2D eigenvalue weighted by Crippen LogP contribution is 2.20. The van der Waals surface area contributed by atoms with Crippen molar-refractivity contribution < 1.29 is 9.59 Å². The molecule has 1 aliphatic rings. The number of halogens is 1. The number of benzene rings is 1. The third-order valence-corrected chi connectivity index (χ3v) is 3.83. The standard InChI is InChI=1S/C16H19ClN2O2/c1-2-9-18-16(21)13-5-8-15(20)19(11-13)10-12-3-6-14(17)7-4-12/h2-4,6-7,13H,1,5,8-11H2,(H,18,21). The molecular formula is C16H19ClN2O2. The van der Waals surface area contributed by atoms with Crippen LogP contribution in [0, 0.1) is 5.92 Å². The highest BCUT2D eigenvalue weighted by atomic mass is 35.5. The summed E-state index contributed by atoms with van der Waals surface area (Å²) >= 11 is 5.85. The van der Waals surface area contributed by atoms with E-state index in [1.807, 2.05) is 12.1 Å². The van der Waals surface area contributed by atoms with Crippen LogP contribution in [0.4, 0.5) is 0 Å². The van der Waals surface area contributed by atoms with E-state index in [4.69, 9.17) is 11.6 Å². The first-order valence-electron chi connectivity index (χ1n) is 7.01. The van der Waals surface area contributed by atoms with Gasteiger partial charge in [-0.25, -0.2) is 0 Å². The summed E-state index contributed by atoms with van der Waals surface area (Å²) in [5.74, 6) is -0.0591. The quantitative estimate of drug-likeness (QED) is 0.849. The lowest BCUT2D eigenvalue weighted by Gasteiger charge is -2.32. The maximum atomic E-state index is 12.0. The summed E-state index contributed by atoms with van der Waals surface area (Å²) < 4.78 is 0. The van der Waals surface area contributed by atoms with Gasteiger partial charge < -0.3 is 10.2 Å². The van der Waals surface area contributed by atoms with E-state index in [-0.39, 0.29) is 17.7 Å². The molecule has 0 spiro atoms. The number of rotatable bonds is 5. The van der Waals surface area contributed by atoms with Gasteiger partial charge in [-0.3, -0.25) is 9.59 Å². The normalized spacial score (nSPS) is 18.4. The average Bonchev–Trinajstić information content (AvgIpc) is 2.49. The Bertz CT molecular complexity index is 528. The van der Waals surface area contributed by atoms with E-state index >= 15 is 0 Å². The van der Waals surface area contributed by atoms with Gasteiger partial charge in [-0.05, 0) is 24.1 Å². The first-order chi connectivity index (χ1) is 10.1. The SMILES string of the molecule is C=CCNC(=O)C1CCC(=O)N(Cc2ccc(Cl)cc2)C1. The summed E-state index contributed by atoms with van der Waals surface area (Å²) in [4.78, 5) is 25.7. The van der Waals surface area contributed by atoms with Gasteiger partial charge in [-0.2, -0.15) is 0 Å². The van der Waals surface area contributed by atoms with Gasteiger partial charge in [0, 0.05) is 31.1 Å². The zero-order valence-electron chi connectivity index (χ0n) is 11.8. The van der Waals surface area contributed by atoms with Gasteiger partial charge in [0.05, 0.1) is 5.92 Å². The van der Waals surface area contributed by atoms with Crippen LogP contribution in [-0.4, -0.2) is 29.8 Å². The molecule has 1 fully saturated rings. The van der Waals surface area contributed by atoms with Gasteiger partial charge in [-0.1, -0.05) is 29.8 Å². The molecule has 4 nitrogen and oxygen atoms in total. The second-order valence-corrected chi connectivity index (χ2v) is 5.61. The summed E-state index contributed by atoms with van der Waals surface area (Å²) in [5.41, 5.74) is 1.01. The van der Waals surface area contributed by atoms with Crippen LogP contribution in [0.2, 0.25) is 5.02 Å². The molecule has 0 saturated carbocycles. The molecule has 1 heterocycles. The third kappa shape index (κ3) is 4.33. The van der Waals surface area contributed by atoms with Crippen LogP contribution in [0.1, 0.15) is 18.4 Å². The Morgan fingerprint density at radius 3 is 2.81 bits per heavy atom. The van der Waals surface area contributed by atoms with Crippen LogP contribution in [0.5, 0.6) is 0 Å². The van der Waals surface area contributed by atoms with Crippen LogP contribution < -0.4 is 5.32 Å². The molecule has 1 aromatic carbocycles. The fraction of sp³-hybridized carbons (Fsp3) is 0.375. The van der Waals surface area contributed by atoms with Crippen molar-refractivity contribution in [2.45, 2.75) is 19.4 Å². The van der Waals surface area contributed by atoms with Crippen molar-refractivity contribution in [3.63, 3.8) is 0 Å². The van der Waals surface area contributed by atoms with Crippen LogP contribution in [0.3, 0.4) is 0 Å². The molecule has 0 aromatic heterocycles. The van der Waals surface area contributed by atoms with E-state index in [9.17, 15) is 9.59 Å². The van der Waals surface area contributed by atoms with Crippen molar-refractivity contribution >= 4 is 23.4 Å². The van der Waals surface area contributed by atoms with Crippen molar-refractivity contribution in [1.82, 2.24) is 10.2 Å². The highest BCUT2D eigenvalue weighted by molar-refractivity contribution is 6.30. The molecule has 1 saturated heterocycles. The number of carbonyl (C=O) groups excluding carboxylic acids is 2. The second-order valence-electron chi connectivity index (χ2n) is 5.17. The molecule has 0 radical (unpaired) electrons. The largest absolute Gasteiger partial charge is 0.352 e. The van der Waals surface area contributed by atoms with Crippen LogP contribution >= 0.6 is 11.6 Å². The Morgan fingerprint density at radius 2 is 2.14 bits per heavy atom. The van der Waals surface area contributed by atoms with Gasteiger partial charge in [0.15, 0.2) is 0 Å². The predicted octanol–water partition coefficient (Wildman–Crippen LogP) is 2.38. The second kappa shape index (κ2) is 7.27. The number of nitrogens with zero attached hydrogens (tertiary/aromatic N) is 1. The predicted molar refractivity (Wildman–Crippen MR) is 82.8 cm³/mol. The van der Waals surface area contributed by atoms with Crippen molar-refractivity contribution in [1.29, 1.82) is 0 Å². The molecule has 1 aromatic rings. The van der Waals surface area contributed by atoms with Crippen LogP contribution in [0.15, 0.2) is 36.9 Å². The zero-order valence-corrected chi connectivity index (χ0v) is 12.6. The van der Waals surface area contributed by atoms with Crippen LogP contribution in [0.25, 0.3) is 0 Å². The lowest BCUT2D eigenvalue weighted by molar-refractivity contribution is -0.138. The summed E-state index contributed by atoms with van der Waals surface area (Å²) in [6.45, 7) is 5.01. The number of piperidine rings is 1. The Labute approximate surface area is 129 Å². The molecule has 1 N–H and O–H groups in total. The fourth-order valence-electron chi connectivity index (χ4n) is 2.41. The van der Waals surface area contributed by atoms with Crippen molar-refractivity contribution in [3.05, 3.63) is 47.5 Å². The van der Waals surface area contributed by atoms with E-state index < -0.39 is 0 Å². The molecule has 5 heteroatoms. The topological polar surface area (TPSA) is 49.4 Å². The van der Waals surface area contributed by atoms with E-state index in [1.165, 1.54) is 0 Å². The van der Waals surface area contributed by atoms with Gasteiger partial charge >= 0.3 is 0 Å². The van der Waals surface area contributed by atoms with E-state index in [1.54, 1.807) is 23.1 Å². The third-order valence-electron chi connectivity index (χ3n) is 3.58. The minimum Gasteiger partial charge on any atom is -0.352 e. The summed E-state index contributed by atoms with van der Waals surface area (Å²) in [6, 6.07) is 7.41. The van der Waals surface area contributed by atoms with E-state index in [0.717, 1.165) is 5.56 Å². The smallest absolute Gasteiger partial charge is 0.225 e. The minimum absolute atomic E-state index is 0.0106. The Morgan fingerprint density at radius 1 is 1.43 bits per heavy atom. The fourth-order valence-corrected chi connectivity index (χ4v) is 2.53. The molecule has 21 heavy (non-hydrogen) atoms. The first-order valence-corrected chi connectivity index (χ1v) is 7.38. The Balaban J connectivity index is 1.97. The number of carbonyl (C=O) groups is 2. The molecule has 112 valence electrons. The Kier molecular flexibility index (Phi) is 5.39. The summed E-state index contributed by atoms with van der Waals surface area (Å²) in [5, 5.41) is 3.47. The minimum atomic E-state index is -0.144. The molecule has 1 unspecified atom stereocenters. The first kappa shape index (κ1) is 15.6. The van der Waals surface area contributed by atoms with Crippen molar-refractivity contribution in [2.24, 2.45) is 5.92 Å². The average molecular weight is 307 g/mol. The van der Waals surface area contributed by atoms with Gasteiger partial charge in [-0.15, -0.1) is 6.58 Å². The lowest BCUT2D eigenvalue weighted by Crippen LogP contribution is -2.45. The molecule has 1 atom stereocenters. The molecular weight excluding hydrogens is 288 g/mol. The number of nitrogens with one attached hydrogen (secondary N) is 1. The lowest BCUT2D eigenvalue weighted by atomic mass is 9.96. The highest BCUT2D eigenvalue weighted by Gasteiger charge is 2.29. The maximum Gasteiger partial charge on any atom is 0.225 e. The van der Waals surface area contributed by atoms with Crippen LogP contribution in [-0.2, 0) is 16.1 Å². The number of hydrogen-bond acceptors (Lipinski definition) is 2. The van der Waals surface area contributed by atoms with E-state index in [0.29, 0.717) is 37.5 Å². The van der Waals surface area contributed by atoms with Gasteiger partial charge in [0.1, 0.15) is 0 Å². The summed E-state index contributed by atoms with van der Waals surface area (Å²) in [6.07, 6.45) is 2.68. The zero-order chi connectivity index (χ0) is 15.2. The number of hydrogen-bond donors (Lipinski definition) is 1. The molecule has 0 aliphatic carbocycles. The molecule has 1 aliphatic heterocycles. The van der Waals surface area contributed by atoms with Gasteiger partial charge in [0.2, 0.25) is 11.8 Å². The number of likely N-dealkylation sites (tertiary alicyclic amines) is 1. The summed E-state index contributed by atoms with van der Waals surface area (Å²) in [7, 11) is 0. The number of amides is 2. The monoisotopic (exact) mass is 306 g/mol. The maximum absolute atomic E-state index is 12.0. The molecule has 2 amide bonds. The van der Waals surface area contributed by atoms with Gasteiger partial charge in [0.25, 0.3) is 0 Å². The molecule has 2 rings (SSSR count). The molecule has 0 bridgehead atoms. The Hall–Kier alpha value is -1.81. The van der Waals surface area contributed by atoms with Crippen molar-refractivity contribution in [3.8, 4) is 0 Å².